The summed E-state index contributed by atoms with van der Waals surface area (Å²) in [5.74, 6) is -0.449. The number of carbonyl (C=O) groups is 1. The van der Waals surface area contributed by atoms with E-state index in [0.29, 0.717) is 11.3 Å². The molecule has 0 aliphatic heterocycles. The Morgan fingerprint density at radius 3 is 2.79 bits per heavy atom. The second kappa shape index (κ2) is 6.46. The highest BCUT2D eigenvalue weighted by molar-refractivity contribution is 6.33. The Kier molecular flexibility index (Phi) is 5.22. The third kappa shape index (κ3) is 3.88. The molecule has 1 atom stereocenters. The number of nitrogens with one attached hydrogen (secondary N) is 1. The van der Waals surface area contributed by atoms with E-state index < -0.39 is 16.9 Å². The van der Waals surface area contributed by atoms with Crippen LogP contribution in [-0.2, 0) is 9.53 Å². The average Bonchev–Trinajstić information content (AvgIpc) is 2.33. The highest BCUT2D eigenvalue weighted by Gasteiger charge is 2.18. The molecular weight excluding hydrogens is 274 g/mol. The number of ether oxygens (including phenoxy) is 1. The number of nitrogens with zero attached hydrogens (tertiary/aromatic N) is 1. The first-order valence-corrected chi connectivity index (χ1v) is 5.74. The molecule has 19 heavy (non-hydrogen) atoms. The highest BCUT2D eigenvalue weighted by Crippen LogP contribution is 2.30. The molecule has 1 unspecified atom stereocenters. The smallest absolute Gasteiger partial charge is 0.288 e. The average molecular weight is 288 g/mol. The van der Waals surface area contributed by atoms with Crippen molar-refractivity contribution < 1.29 is 14.5 Å². The first-order valence-electron chi connectivity index (χ1n) is 5.36. The number of carbonyl (C=O) groups excluding carboxylic acids is 1. The molecule has 1 amide bonds. The van der Waals surface area contributed by atoms with Crippen molar-refractivity contribution in [3.8, 4) is 0 Å². The zero-order valence-electron chi connectivity index (χ0n) is 10.5. The SMILES string of the molecule is COCC(N)C(=O)Nc1cc(Cl)c([N+](=O)[O-])cc1C. The second-order valence-electron chi connectivity index (χ2n) is 3.93. The number of anilines is 1. The number of benzene rings is 1. The largest absolute Gasteiger partial charge is 0.383 e. The van der Waals surface area contributed by atoms with Crippen molar-refractivity contribution in [3.05, 3.63) is 32.8 Å². The molecule has 0 heterocycles. The van der Waals surface area contributed by atoms with Gasteiger partial charge >= 0.3 is 0 Å². The topological polar surface area (TPSA) is 107 Å². The van der Waals surface area contributed by atoms with E-state index in [9.17, 15) is 14.9 Å². The summed E-state index contributed by atoms with van der Waals surface area (Å²) in [7, 11) is 1.43. The van der Waals surface area contributed by atoms with Crippen LogP contribution in [0.25, 0.3) is 0 Å². The lowest BCUT2D eigenvalue weighted by Crippen LogP contribution is -2.39. The zero-order valence-corrected chi connectivity index (χ0v) is 11.2. The quantitative estimate of drug-likeness (QED) is 0.630. The van der Waals surface area contributed by atoms with Gasteiger partial charge in [-0.05, 0) is 18.6 Å². The Hall–Kier alpha value is -1.70. The summed E-state index contributed by atoms with van der Waals surface area (Å²) in [5.41, 5.74) is 6.26. The first kappa shape index (κ1) is 15.4. The Balaban J connectivity index is 2.94. The summed E-state index contributed by atoms with van der Waals surface area (Å²) in [4.78, 5) is 21.8. The molecule has 0 aromatic heterocycles. The number of hydrogen-bond donors (Lipinski definition) is 2. The summed E-state index contributed by atoms with van der Waals surface area (Å²) in [6.07, 6.45) is 0. The molecule has 8 heteroatoms. The number of aryl methyl sites for hydroxylation is 1. The van der Waals surface area contributed by atoms with Crippen molar-refractivity contribution in [1.82, 2.24) is 0 Å². The predicted octanol–water partition coefficient (Wildman–Crippen LogP) is 1.47. The summed E-state index contributed by atoms with van der Waals surface area (Å²) >= 11 is 5.77. The minimum absolute atomic E-state index is 0.0498. The summed E-state index contributed by atoms with van der Waals surface area (Å²) in [6, 6.07) is 1.80. The number of nitro groups is 1. The van der Waals surface area contributed by atoms with Crippen LogP contribution in [0.2, 0.25) is 5.02 Å². The van der Waals surface area contributed by atoms with Gasteiger partial charge in [0.15, 0.2) is 0 Å². The van der Waals surface area contributed by atoms with E-state index in [4.69, 9.17) is 22.1 Å². The lowest BCUT2D eigenvalue weighted by Gasteiger charge is -2.13. The van der Waals surface area contributed by atoms with Crippen molar-refractivity contribution in [2.45, 2.75) is 13.0 Å². The van der Waals surface area contributed by atoms with Gasteiger partial charge in [-0.15, -0.1) is 0 Å². The van der Waals surface area contributed by atoms with Gasteiger partial charge in [0.2, 0.25) is 5.91 Å². The molecule has 0 fully saturated rings. The van der Waals surface area contributed by atoms with Crippen LogP contribution in [0.15, 0.2) is 12.1 Å². The maximum Gasteiger partial charge on any atom is 0.288 e. The van der Waals surface area contributed by atoms with Gasteiger partial charge in [-0.2, -0.15) is 0 Å². The first-order chi connectivity index (χ1) is 8.86. The molecule has 0 saturated heterocycles. The molecule has 0 radical (unpaired) electrons. The van der Waals surface area contributed by atoms with Crippen LogP contribution in [0.5, 0.6) is 0 Å². The molecule has 1 rings (SSSR count). The summed E-state index contributed by atoms with van der Waals surface area (Å²) < 4.78 is 4.77. The fourth-order valence-corrected chi connectivity index (χ4v) is 1.65. The summed E-state index contributed by atoms with van der Waals surface area (Å²) in [5, 5.41) is 13.2. The maximum absolute atomic E-state index is 11.7. The van der Waals surface area contributed by atoms with E-state index in [2.05, 4.69) is 5.32 Å². The molecule has 0 aliphatic rings. The van der Waals surface area contributed by atoms with Crippen LogP contribution in [0, 0.1) is 17.0 Å². The van der Waals surface area contributed by atoms with Crippen LogP contribution in [-0.4, -0.2) is 30.6 Å². The van der Waals surface area contributed by atoms with Gasteiger partial charge in [-0.3, -0.25) is 14.9 Å². The lowest BCUT2D eigenvalue weighted by molar-refractivity contribution is -0.384. The molecule has 3 N–H and O–H groups in total. The molecule has 0 aliphatic carbocycles. The standard InChI is InChI=1S/C11H14ClN3O4/c1-6-3-10(15(17)18)7(12)4-9(6)14-11(16)8(13)5-19-2/h3-4,8H,5,13H2,1-2H3,(H,14,16). The van der Waals surface area contributed by atoms with E-state index in [-0.39, 0.29) is 17.3 Å². The molecular formula is C11H14ClN3O4. The van der Waals surface area contributed by atoms with Gasteiger partial charge in [0, 0.05) is 18.9 Å². The van der Waals surface area contributed by atoms with Crippen molar-refractivity contribution in [3.63, 3.8) is 0 Å². The molecule has 0 saturated carbocycles. The number of amides is 1. The highest BCUT2D eigenvalue weighted by atomic mass is 35.5. The van der Waals surface area contributed by atoms with Crippen molar-refractivity contribution in [2.75, 3.05) is 19.0 Å². The fourth-order valence-electron chi connectivity index (χ4n) is 1.42. The lowest BCUT2D eigenvalue weighted by atomic mass is 10.1. The zero-order chi connectivity index (χ0) is 14.6. The molecule has 0 spiro atoms. The third-order valence-electron chi connectivity index (χ3n) is 2.43. The van der Waals surface area contributed by atoms with E-state index in [0.717, 1.165) is 0 Å². The van der Waals surface area contributed by atoms with Crippen molar-refractivity contribution >= 4 is 28.9 Å². The molecule has 104 valence electrons. The monoisotopic (exact) mass is 287 g/mol. The number of nitro benzene ring substituents is 1. The van der Waals surface area contributed by atoms with Gasteiger partial charge in [-0.25, -0.2) is 0 Å². The van der Waals surface area contributed by atoms with Crippen LogP contribution in [0.1, 0.15) is 5.56 Å². The van der Waals surface area contributed by atoms with Gasteiger partial charge in [-0.1, -0.05) is 11.6 Å². The van der Waals surface area contributed by atoms with Gasteiger partial charge in [0.1, 0.15) is 11.1 Å². The minimum Gasteiger partial charge on any atom is -0.383 e. The number of halogens is 1. The van der Waals surface area contributed by atoms with Gasteiger partial charge < -0.3 is 15.8 Å². The Morgan fingerprint density at radius 1 is 1.63 bits per heavy atom. The van der Waals surface area contributed by atoms with Gasteiger partial charge in [0.25, 0.3) is 5.69 Å². The number of rotatable bonds is 5. The van der Waals surface area contributed by atoms with E-state index in [1.54, 1.807) is 6.92 Å². The Morgan fingerprint density at radius 2 is 2.26 bits per heavy atom. The van der Waals surface area contributed by atoms with E-state index in [1.807, 2.05) is 0 Å². The number of hydrogen-bond acceptors (Lipinski definition) is 5. The van der Waals surface area contributed by atoms with E-state index in [1.165, 1.54) is 19.2 Å². The maximum atomic E-state index is 11.7. The fraction of sp³-hybridized carbons (Fsp3) is 0.364. The van der Waals surface area contributed by atoms with Crippen LogP contribution >= 0.6 is 11.6 Å². The summed E-state index contributed by atoms with van der Waals surface area (Å²) in [6.45, 7) is 1.70. The Labute approximate surface area is 114 Å². The van der Waals surface area contributed by atoms with Crippen molar-refractivity contribution in [1.29, 1.82) is 0 Å². The second-order valence-corrected chi connectivity index (χ2v) is 4.33. The third-order valence-corrected chi connectivity index (χ3v) is 2.73. The minimum atomic E-state index is -0.821. The predicted molar refractivity (Wildman–Crippen MR) is 71.3 cm³/mol. The van der Waals surface area contributed by atoms with Crippen molar-refractivity contribution in [2.24, 2.45) is 5.73 Å². The van der Waals surface area contributed by atoms with Crippen LogP contribution < -0.4 is 11.1 Å². The molecule has 0 bridgehead atoms. The van der Waals surface area contributed by atoms with E-state index >= 15 is 0 Å². The van der Waals surface area contributed by atoms with Gasteiger partial charge in [0.05, 0.1) is 11.5 Å². The molecule has 7 nitrogen and oxygen atoms in total. The van der Waals surface area contributed by atoms with Crippen LogP contribution in [0.3, 0.4) is 0 Å². The Bertz CT molecular complexity index is 507. The molecule has 1 aromatic carbocycles. The number of nitrogens with two attached hydrogens (primary N) is 1. The normalized spacial score (nSPS) is 12.0. The van der Waals surface area contributed by atoms with Crippen LogP contribution in [0.4, 0.5) is 11.4 Å². The number of methoxy groups -OCH3 is 1. The molecule has 1 aromatic rings.